The highest BCUT2D eigenvalue weighted by molar-refractivity contribution is 6.30. The lowest BCUT2D eigenvalue weighted by atomic mass is 10.0. The van der Waals surface area contributed by atoms with Crippen LogP contribution in [-0.2, 0) is 0 Å². The van der Waals surface area contributed by atoms with Crippen LogP contribution in [-0.4, -0.2) is 23.4 Å². The number of aliphatic hydroxyl groups excluding tert-OH is 2. The van der Waals surface area contributed by atoms with Crippen molar-refractivity contribution in [1.29, 1.82) is 0 Å². The minimum atomic E-state index is -0.983. The Morgan fingerprint density at radius 3 is 2.50 bits per heavy atom. The second kappa shape index (κ2) is 4.64. The van der Waals surface area contributed by atoms with Crippen molar-refractivity contribution in [1.82, 2.24) is 0 Å². The lowest BCUT2D eigenvalue weighted by Gasteiger charge is -2.17. The number of rotatable bonds is 3. The summed E-state index contributed by atoms with van der Waals surface area (Å²) in [6, 6.07) is 4.90. The highest BCUT2D eigenvalue weighted by atomic mass is 35.5. The van der Waals surface area contributed by atoms with E-state index in [0.717, 1.165) is 0 Å². The molecule has 0 radical (unpaired) electrons. The first-order valence-corrected chi connectivity index (χ1v) is 4.63. The molecule has 0 aliphatic carbocycles. The number of hydrogen-bond donors (Lipinski definition) is 2. The van der Waals surface area contributed by atoms with E-state index in [9.17, 15) is 10.2 Å². The molecule has 2 unspecified atom stereocenters. The van der Waals surface area contributed by atoms with Crippen LogP contribution in [0, 0.1) is 0 Å². The van der Waals surface area contributed by atoms with E-state index in [2.05, 4.69) is 0 Å². The summed E-state index contributed by atoms with van der Waals surface area (Å²) in [5.74, 6) is 0.516. The molecular weight excluding hydrogens is 204 g/mol. The molecule has 0 bridgehead atoms. The largest absolute Gasteiger partial charge is 0.496 e. The van der Waals surface area contributed by atoms with Crippen LogP contribution in [0.2, 0.25) is 5.02 Å². The number of aliphatic hydroxyl groups is 2. The zero-order chi connectivity index (χ0) is 10.7. The van der Waals surface area contributed by atoms with Gasteiger partial charge in [0.2, 0.25) is 0 Å². The Bertz CT molecular complexity index is 312. The van der Waals surface area contributed by atoms with Gasteiger partial charge in [0.05, 0.1) is 13.2 Å². The molecule has 0 aliphatic rings. The quantitative estimate of drug-likeness (QED) is 0.810. The molecule has 1 aromatic carbocycles. The molecule has 0 fully saturated rings. The van der Waals surface area contributed by atoms with Crippen molar-refractivity contribution >= 4 is 11.6 Å². The van der Waals surface area contributed by atoms with E-state index in [-0.39, 0.29) is 0 Å². The summed E-state index contributed by atoms with van der Waals surface area (Å²) >= 11 is 5.77. The zero-order valence-electron chi connectivity index (χ0n) is 8.07. The van der Waals surface area contributed by atoms with E-state index in [4.69, 9.17) is 16.3 Å². The number of ether oxygens (including phenoxy) is 1. The Labute approximate surface area is 87.9 Å². The van der Waals surface area contributed by atoms with E-state index in [0.29, 0.717) is 16.3 Å². The molecule has 0 aliphatic heterocycles. The van der Waals surface area contributed by atoms with Crippen LogP contribution < -0.4 is 4.74 Å². The fourth-order valence-electron chi connectivity index (χ4n) is 1.20. The summed E-state index contributed by atoms with van der Waals surface area (Å²) < 4.78 is 5.04. The number of halogens is 1. The third-order valence-electron chi connectivity index (χ3n) is 1.97. The third kappa shape index (κ3) is 2.38. The molecule has 2 N–H and O–H groups in total. The van der Waals surface area contributed by atoms with Gasteiger partial charge < -0.3 is 14.9 Å². The van der Waals surface area contributed by atoms with Gasteiger partial charge in [0.25, 0.3) is 0 Å². The molecule has 14 heavy (non-hydrogen) atoms. The van der Waals surface area contributed by atoms with Crippen molar-refractivity contribution in [3.8, 4) is 5.75 Å². The standard InChI is InChI=1S/C10H13ClO3/c1-6(12)10(13)8-5-7(11)3-4-9(8)14-2/h3-6,10,12-13H,1-2H3. The van der Waals surface area contributed by atoms with E-state index < -0.39 is 12.2 Å². The lowest BCUT2D eigenvalue weighted by Crippen LogP contribution is -2.14. The van der Waals surface area contributed by atoms with Gasteiger partial charge in [0, 0.05) is 10.6 Å². The first-order valence-electron chi connectivity index (χ1n) is 4.26. The van der Waals surface area contributed by atoms with E-state index in [1.807, 2.05) is 0 Å². The van der Waals surface area contributed by atoms with Gasteiger partial charge in [0.15, 0.2) is 0 Å². The van der Waals surface area contributed by atoms with Crippen LogP contribution in [0.4, 0.5) is 0 Å². The number of hydrogen-bond acceptors (Lipinski definition) is 3. The molecular formula is C10H13ClO3. The van der Waals surface area contributed by atoms with Gasteiger partial charge in [-0.3, -0.25) is 0 Å². The average molecular weight is 217 g/mol. The smallest absolute Gasteiger partial charge is 0.124 e. The fourth-order valence-corrected chi connectivity index (χ4v) is 1.38. The molecule has 1 rings (SSSR count). The Hall–Kier alpha value is -0.770. The molecule has 4 heteroatoms. The first kappa shape index (κ1) is 11.3. The van der Waals surface area contributed by atoms with Crippen molar-refractivity contribution in [2.24, 2.45) is 0 Å². The van der Waals surface area contributed by atoms with Crippen molar-refractivity contribution in [3.05, 3.63) is 28.8 Å². The molecule has 1 aromatic rings. The predicted octanol–water partition coefficient (Wildman–Crippen LogP) is 1.76. The van der Waals surface area contributed by atoms with Crippen LogP contribution >= 0.6 is 11.6 Å². The molecule has 78 valence electrons. The van der Waals surface area contributed by atoms with Crippen LogP contribution in [0.15, 0.2) is 18.2 Å². The Morgan fingerprint density at radius 1 is 1.36 bits per heavy atom. The third-order valence-corrected chi connectivity index (χ3v) is 2.20. The maximum Gasteiger partial charge on any atom is 0.124 e. The van der Waals surface area contributed by atoms with Gasteiger partial charge >= 0.3 is 0 Å². The Kier molecular flexibility index (Phi) is 3.75. The lowest BCUT2D eigenvalue weighted by molar-refractivity contribution is 0.0290. The van der Waals surface area contributed by atoms with Gasteiger partial charge in [-0.05, 0) is 25.1 Å². The first-order chi connectivity index (χ1) is 6.56. The minimum absolute atomic E-state index is 0.495. The Balaban J connectivity index is 3.10. The second-order valence-electron chi connectivity index (χ2n) is 3.07. The Morgan fingerprint density at radius 2 is 2.00 bits per heavy atom. The molecule has 0 spiro atoms. The average Bonchev–Trinajstić information content (AvgIpc) is 2.16. The summed E-state index contributed by atoms with van der Waals surface area (Å²) in [5, 5.41) is 19.4. The SMILES string of the molecule is COc1ccc(Cl)cc1C(O)C(C)O. The highest BCUT2D eigenvalue weighted by Gasteiger charge is 2.18. The predicted molar refractivity (Wildman–Crippen MR) is 54.6 cm³/mol. The van der Waals surface area contributed by atoms with Crippen molar-refractivity contribution in [3.63, 3.8) is 0 Å². The van der Waals surface area contributed by atoms with E-state index in [1.54, 1.807) is 18.2 Å². The molecule has 2 atom stereocenters. The van der Waals surface area contributed by atoms with Crippen molar-refractivity contribution < 1.29 is 14.9 Å². The van der Waals surface area contributed by atoms with Gasteiger partial charge in [-0.1, -0.05) is 11.6 Å². The van der Waals surface area contributed by atoms with Crippen LogP contribution in [0.1, 0.15) is 18.6 Å². The van der Waals surface area contributed by atoms with Crippen LogP contribution in [0.25, 0.3) is 0 Å². The summed E-state index contributed by atoms with van der Waals surface area (Å²) in [6.45, 7) is 1.50. The second-order valence-corrected chi connectivity index (χ2v) is 3.51. The van der Waals surface area contributed by atoms with Crippen molar-refractivity contribution in [2.75, 3.05) is 7.11 Å². The van der Waals surface area contributed by atoms with E-state index in [1.165, 1.54) is 14.0 Å². The minimum Gasteiger partial charge on any atom is -0.496 e. The summed E-state index contributed by atoms with van der Waals surface area (Å²) in [6.07, 6.45) is -1.84. The molecule has 0 saturated carbocycles. The molecule has 0 saturated heterocycles. The molecule has 3 nitrogen and oxygen atoms in total. The van der Waals surface area contributed by atoms with Gasteiger partial charge in [0.1, 0.15) is 11.9 Å². The summed E-state index contributed by atoms with van der Waals surface area (Å²) in [7, 11) is 1.50. The molecule has 0 aromatic heterocycles. The van der Waals surface area contributed by atoms with Gasteiger partial charge in [-0.25, -0.2) is 0 Å². The monoisotopic (exact) mass is 216 g/mol. The summed E-state index contributed by atoms with van der Waals surface area (Å²) in [5.41, 5.74) is 0.495. The van der Waals surface area contributed by atoms with Crippen molar-refractivity contribution in [2.45, 2.75) is 19.1 Å². The maximum absolute atomic E-state index is 9.65. The van der Waals surface area contributed by atoms with Gasteiger partial charge in [-0.15, -0.1) is 0 Å². The molecule has 0 heterocycles. The van der Waals surface area contributed by atoms with Crippen LogP contribution in [0.5, 0.6) is 5.75 Å². The normalized spacial score (nSPS) is 14.9. The summed E-state index contributed by atoms with van der Waals surface area (Å²) in [4.78, 5) is 0. The maximum atomic E-state index is 9.65. The zero-order valence-corrected chi connectivity index (χ0v) is 8.82. The van der Waals surface area contributed by atoms with Gasteiger partial charge in [-0.2, -0.15) is 0 Å². The fraction of sp³-hybridized carbons (Fsp3) is 0.400. The number of methoxy groups -OCH3 is 1. The van der Waals surface area contributed by atoms with E-state index >= 15 is 0 Å². The highest BCUT2D eigenvalue weighted by Crippen LogP contribution is 2.29. The number of benzene rings is 1. The topological polar surface area (TPSA) is 49.7 Å². The van der Waals surface area contributed by atoms with Crippen LogP contribution in [0.3, 0.4) is 0 Å². The molecule has 0 amide bonds.